The number of hydrogen-bond donors (Lipinski definition) is 0. The van der Waals surface area contributed by atoms with Gasteiger partial charge in [-0.25, -0.2) is 14.7 Å². The summed E-state index contributed by atoms with van der Waals surface area (Å²) in [4.78, 5) is 31.1. The number of benzene rings is 2. The van der Waals surface area contributed by atoms with Gasteiger partial charge in [-0.3, -0.25) is 4.79 Å². The molecule has 0 atom stereocenters. The van der Waals surface area contributed by atoms with Crippen LogP contribution in [-0.4, -0.2) is 33.9 Å². The summed E-state index contributed by atoms with van der Waals surface area (Å²) in [6, 6.07) is 12.4. The maximum atomic E-state index is 13.9. The molecule has 3 amide bonds. The van der Waals surface area contributed by atoms with Gasteiger partial charge in [0.05, 0.1) is 11.2 Å². The van der Waals surface area contributed by atoms with Crippen molar-refractivity contribution in [2.75, 3.05) is 11.4 Å². The SMILES string of the molecule is O=C1CN(Cc2cc(F)nc3ccccc23)C(=O)N1c1ccc(SC(F)(F)F)cc1. The molecule has 4 rings (SSSR count). The fourth-order valence-corrected chi connectivity index (χ4v) is 3.81. The highest BCUT2D eigenvalue weighted by Crippen LogP contribution is 2.37. The summed E-state index contributed by atoms with van der Waals surface area (Å²) < 4.78 is 51.3. The van der Waals surface area contributed by atoms with E-state index in [-0.39, 0.29) is 35.4 Å². The molecule has 1 fully saturated rings. The molecule has 3 aromatic rings. The minimum absolute atomic E-state index is 0.0109. The molecule has 30 heavy (non-hydrogen) atoms. The number of hydrogen-bond acceptors (Lipinski definition) is 4. The number of thioether (sulfide) groups is 1. The fourth-order valence-electron chi connectivity index (χ4n) is 3.27. The van der Waals surface area contributed by atoms with Crippen molar-refractivity contribution in [2.45, 2.75) is 16.9 Å². The molecule has 0 N–H and O–H groups in total. The van der Waals surface area contributed by atoms with Crippen LogP contribution in [0.4, 0.5) is 28.0 Å². The van der Waals surface area contributed by atoms with Crippen LogP contribution in [0.3, 0.4) is 0 Å². The van der Waals surface area contributed by atoms with E-state index in [1.54, 1.807) is 24.3 Å². The van der Waals surface area contributed by atoms with Crippen molar-refractivity contribution in [1.82, 2.24) is 9.88 Å². The van der Waals surface area contributed by atoms with E-state index < -0.39 is 23.4 Å². The van der Waals surface area contributed by atoms with Crippen LogP contribution in [0.1, 0.15) is 5.56 Å². The molecule has 1 aliphatic rings. The number of urea groups is 1. The number of amides is 3. The van der Waals surface area contributed by atoms with Crippen molar-refractivity contribution >= 4 is 40.3 Å². The normalized spacial score (nSPS) is 14.8. The second kappa shape index (κ2) is 7.60. The van der Waals surface area contributed by atoms with E-state index in [9.17, 15) is 27.2 Å². The zero-order valence-electron chi connectivity index (χ0n) is 15.2. The smallest absolute Gasteiger partial charge is 0.310 e. The summed E-state index contributed by atoms with van der Waals surface area (Å²) in [6.07, 6.45) is 0. The van der Waals surface area contributed by atoms with Crippen LogP contribution >= 0.6 is 11.8 Å². The lowest BCUT2D eigenvalue weighted by molar-refractivity contribution is -0.116. The first kappa shape index (κ1) is 20.1. The van der Waals surface area contributed by atoms with Crippen molar-refractivity contribution in [2.24, 2.45) is 0 Å². The van der Waals surface area contributed by atoms with E-state index in [2.05, 4.69) is 4.98 Å². The van der Waals surface area contributed by atoms with Crippen LogP contribution in [0, 0.1) is 5.95 Å². The second-order valence-electron chi connectivity index (χ2n) is 6.53. The second-order valence-corrected chi connectivity index (χ2v) is 7.67. The lowest BCUT2D eigenvalue weighted by Crippen LogP contribution is -2.32. The highest BCUT2D eigenvalue weighted by atomic mass is 32.2. The standard InChI is InChI=1S/C20H13F4N3O2S/c21-17-9-12(15-3-1-2-4-16(15)25-17)10-26-11-18(28)27(19(26)29)13-5-7-14(8-6-13)30-20(22,23)24/h1-9H,10-11H2. The molecule has 2 aromatic carbocycles. The topological polar surface area (TPSA) is 53.5 Å². The van der Waals surface area contributed by atoms with Crippen LogP contribution in [0.5, 0.6) is 0 Å². The third-order valence-electron chi connectivity index (χ3n) is 4.50. The number of rotatable bonds is 4. The van der Waals surface area contributed by atoms with E-state index in [0.717, 1.165) is 4.90 Å². The average molecular weight is 435 g/mol. The van der Waals surface area contributed by atoms with Gasteiger partial charge in [-0.1, -0.05) is 18.2 Å². The third kappa shape index (κ3) is 4.09. The van der Waals surface area contributed by atoms with Crippen LogP contribution in [-0.2, 0) is 11.3 Å². The molecular weight excluding hydrogens is 422 g/mol. The van der Waals surface area contributed by atoms with Gasteiger partial charge < -0.3 is 4.90 Å². The fraction of sp³-hybridized carbons (Fsp3) is 0.150. The minimum atomic E-state index is -4.43. The van der Waals surface area contributed by atoms with Gasteiger partial charge in [-0.05, 0) is 53.7 Å². The van der Waals surface area contributed by atoms with Crippen molar-refractivity contribution in [1.29, 1.82) is 0 Å². The number of anilines is 1. The zero-order valence-corrected chi connectivity index (χ0v) is 16.0. The molecule has 5 nitrogen and oxygen atoms in total. The number of fused-ring (bicyclic) bond motifs is 1. The summed E-state index contributed by atoms with van der Waals surface area (Å²) in [5.41, 5.74) is -3.33. The summed E-state index contributed by atoms with van der Waals surface area (Å²) in [5.74, 6) is -1.22. The molecule has 1 aromatic heterocycles. The van der Waals surface area contributed by atoms with E-state index >= 15 is 0 Å². The molecule has 0 unspecified atom stereocenters. The van der Waals surface area contributed by atoms with Crippen molar-refractivity contribution in [3.63, 3.8) is 0 Å². The maximum absolute atomic E-state index is 13.9. The van der Waals surface area contributed by atoms with E-state index in [0.29, 0.717) is 16.5 Å². The van der Waals surface area contributed by atoms with Gasteiger partial charge >= 0.3 is 11.5 Å². The Bertz CT molecular complexity index is 1140. The number of imide groups is 1. The summed E-state index contributed by atoms with van der Waals surface area (Å²) >= 11 is -0.282. The molecule has 154 valence electrons. The van der Waals surface area contributed by atoms with Crippen LogP contribution in [0.25, 0.3) is 10.9 Å². The third-order valence-corrected chi connectivity index (χ3v) is 5.24. The Hall–Kier alpha value is -3.14. The van der Waals surface area contributed by atoms with Crippen LogP contribution in [0.15, 0.2) is 59.5 Å². The Morgan fingerprint density at radius 1 is 1.03 bits per heavy atom. The van der Waals surface area contributed by atoms with Gasteiger partial charge in [0.2, 0.25) is 5.95 Å². The number of pyridine rings is 1. The summed E-state index contributed by atoms with van der Waals surface area (Å²) in [7, 11) is 0. The van der Waals surface area contributed by atoms with E-state index in [1.807, 2.05) is 0 Å². The van der Waals surface area contributed by atoms with Crippen molar-refractivity contribution in [3.05, 3.63) is 66.1 Å². The lowest BCUT2D eigenvalue weighted by Gasteiger charge is -2.18. The van der Waals surface area contributed by atoms with Gasteiger partial charge in [-0.15, -0.1) is 0 Å². The highest BCUT2D eigenvalue weighted by Gasteiger charge is 2.37. The molecule has 10 heteroatoms. The Balaban J connectivity index is 1.57. The van der Waals surface area contributed by atoms with Gasteiger partial charge in [0.15, 0.2) is 0 Å². The number of para-hydroxylation sites is 1. The monoisotopic (exact) mass is 435 g/mol. The van der Waals surface area contributed by atoms with Crippen molar-refractivity contribution in [3.8, 4) is 0 Å². The highest BCUT2D eigenvalue weighted by molar-refractivity contribution is 8.00. The van der Waals surface area contributed by atoms with Crippen molar-refractivity contribution < 1.29 is 27.2 Å². The molecule has 2 heterocycles. The van der Waals surface area contributed by atoms with Gasteiger partial charge in [0.25, 0.3) is 5.91 Å². The molecule has 0 bridgehead atoms. The quantitative estimate of drug-likeness (QED) is 0.252. The predicted molar refractivity (Wildman–Crippen MR) is 103 cm³/mol. The molecule has 0 saturated carbocycles. The first-order chi connectivity index (χ1) is 14.2. The first-order valence-corrected chi connectivity index (χ1v) is 9.55. The largest absolute Gasteiger partial charge is 0.446 e. The van der Waals surface area contributed by atoms with Gasteiger partial charge in [0.1, 0.15) is 6.54 Å². The van der Waals surface area contributed by atoms with Crippen LogP contribution < -0.4 is 4.90 Å². The number of alkyl halides is 3. The molecular formula is C20H13F4N3O2S. The first-order valence-electron chi connectivity index (χ1n) is 8.73. The number of halogens is 4. The van der Waals surface area contributed by atoms with E-state index in [1.165, 1.54) is 35.2 Å². The van der Waals surface area contributed by atoms with E-state index in [4.69, 9.17) is 0 Å². The Morgan fingerprint density at radius 2 is 1.73 bits per heavy atom. The lowest BCUT2D eigenvalue weighted by atomic mass is 10.1. The predicted octanol–water partition coefficient (Wildman–Crippen LogP) is 4.95. The molecule has 1 aliphatic heterocycles. The van der Waals surface area contributed by atoms with Crippen LogP contribution in [0.2, 0.25) is 0 Å². The molecule has 0 radical (unpaired) electrons. The summed E-state index contributed by atoms with van der Waals surface area (Å²) in [6.45, 7) is -0.237. The number of aromatic nitrogens is 1. The summed E-state index contributed by atoms with van der Waals surface area (Å²) in [5, 5.41) is 0.658. The molecule has 0 spiro atoms. The molecule has 0 aliphatic carbocycles. The molecule has 1 saturated heterocycles. The Labute approximate surface area is 172 Å². The van der Waals surface area contributed by atoms with Gasteiger partial charge in [-0.2, -0.15) is 17.6 Å². The zero-order chi connectivity index (χ0) is 21.5. The average Bonchev–Trinajstić information content (AvgIpc) is 2.94. The number of nitrogens with zero attached hydrogens (tertiary/aromatic N) is 3. The van der Waals surface area contributed by atoms with Gasteiger partial charge in [0, 0.05) is 16.8 Å². The minimum Gasteiger partial charge on any atom is -0.310 e. The Morgan fingerprint density at radius 3 is 2.43 bits per heavy atom. The number of carbonyl (C=O) groups is 2. The maximum Gasteiger partial charge on any atom is 0.446 e. The number of carbonyl (C=O) groups excluding carboxylic acids is 2. The Kier molecular flexibility index (Phi) is 5.10.